The van der Waals surface area contributed by atoms with Crippen molar-refractivity contribution in [3.63, 3.8) is 0 Å². The van der Waals surface area contributed by atoms with Crippen molar-refractivity contribution in [2.45, 2.75) is 25.3 Å². The molecule has 0 aromatic carbocycles. The molecule has 0 bridgehead atoms. The third-order valence-electron chi connectivity index (χ3n) is 2.78. The molecule has 0 aromatic rings. The summed E-state index contributed by atoms with van der Waals surface area (Å²) in [5, 5.41) is 0. The van der Waals surface area contributed by atoms with Gasteiger partial charge >= 0.3 is 0 Å². The van der Waals surface area contributed by atoms with Gasteiger partial charge in [-0.25, -0.2) is 8.42 Å². The summed E-state index contributed by atoms with van der Waals surface area (Å²) in [4.78, 5) is 2.18. The Bertz CT molecular complexity index is 275. The van der Waals surface area contributed by atoms with E-state index in [2.05, 4.69) is 11.8 Å². The van der Waals surface area contributed by atoms with Crippen molar-refractivity contribution >= 4 is 9.84 Å². The van der Waals surface area contributed by atoms with Gasteiger partial charge in [-0.1, -0.05) is 0 Å². The molecule has 0 aromatic heterocycles. The van der Waals surface area contributed by atoms with Gasteiger partial charge in [0.25, 0.3) is 0 Å². The van der Waals surface area contributed by atoms with Crippen LogP contribution in [0.3, 0.4) is 0 Å². The summed E-state index contributed by atoms with van der Waals surface area (Å²) in [6.45, 7) is 4.54. The van der Waals surface area contributed by atoms with E-state index in [9.17, 15) is 8.42 Å². The van der Waals surface area contributed by atoms with Crippen LogP contribution in [0.1, 0.15) is 19.8 Å². The van der Waals surface area contributed by atoms with E-state index in [0.29, 0.717) is 6.54 Å². The van der Waals surface area contributed by atoms with Crippen LogP contribution in [-0.4, -0.2) is 50.5 Å². The molecule has 4 nitrogen and oxygen atoms in total. The molecule has 1 saturated heterocycles. The molecule has 1 aliphatic heterocycles. The second kappa shape index (κ2) is 4.16. The Morgan fingerprint density at radius 2 is 1.86 bits per heavy atom. The molecule has 0 unspecified atom stereocenters. The molecule has 0 aliphatic carbocycles. The standard InChI is InChI=1S/C9H20N2O2S/c1-9(10)3-5-11(6-4-9)7-8-14(2,12)13/h3-8,10H2,1-2H3. The molecule has 1 aliphatic rings. The quantitative estimate of drug-likeness (QED) is 0.718. The van der Waals surface area contributed by atoms with Gasteiger partial charge in [-0.2, -0.15) is 0 Å². The van der Waals surface area contributed by atoms with Crippen LogP contribution < -0.4 is 5.73 Å². The Morgan fingerprint density at radius 3 is 2.29 bits per heavy atom. The van der Waals surface area contributed by atoms with Crippen LogP contribution in [0, 0.1) is 0 Å². The minimum Gasteiger partial charge on any atom is -0.325 e. The first-order valence-corrected chi connectivity index (χ1v) is 7.04. The SMILES string of the molecule is CC1(N)CCN(CCS(C)(=O)=O)CC1. The maximum absolute atomic E-state index is 10.9. The van der Waals surface area contributed by atoms with Gasteiger partial charge in [0, 0.05) is 18.3 Å². The molecule has 1 heterocycles. The lowest BCUT2D eigenvalue weighted by atomic mass is 9.91. The highest BCUT2D eigenvalue weighted by molar-refractivity contribution is 7.90. The van der Waals surface area contributed by atoms with Gasteiger partial charge in [-0.15, -0.1) is 0 Å². The van der Waals surface area contributed by atoms with E-state index in [1.807, 2.05) is 0 Å². The van der Waals surface area contributed by atoms with Gasteiger partial charge < -0.3 is 10.6 Å². The lowest BCUT2D eigenvalue weighted by Gasteiger charge is -2.36. The number of rotatable bonds is 3. The lowest BCUT2D eigenvalue weighted by Crippen LogP contribution is -2.48. The molecule has 0 spiro atoms. The third-order valence-corrected chi connectivity index (χ3v) is 3.70. The molecule has 0 amide bonds. The second-order valence-corrected chi connectivity index (χ2v) is 6.89. The highest BCUT2D eigenvalue weighted by Gasteiger charge is 2.25. The molecule has 0 atom stereocenters. The molecule has 1 rings (SSSR count). The van der Waals surface area contributed by atoms with Crippen molar-refractivity contribution in [2.24, 2.45) is 5.73 Å². The number of nitrogens with two attached hydrogens (primary N) is 1. The van der Waals surface area contributed by atoms with Gasteiger partial charge in [0.15, 0.2) is 0 Å². The van der Waals surface area contributed by atoms with Crippen molar-refractivity contribution in [3.05, 3.63) is 0 Å². The molecule has 84 valence electrons. The summed E-state index contributed by atoms with van der Waals surface area (Å²) >= 11 is 0. The summed E-state index contributed by atoms with van der Waals surface area (Å²) in [6, 6.07) is 0. The fourth-order valence-electron chi connectivity index (χ4n) is 1.58. The van der Waals surface area contributed by atoms with E-state index in [1.165, 1.54) is 6.26 Å². The van der Waals surface area contributed by atoms with E-state index in [1.54, 1.807) is 0 Å². The average Bonchev–Trinajstić information content (AvgIpc) is 2.01. The fourth-order valence-corrected chi connectivity index (χ4v) is 2.17. The Labute approximate surface area is 86.4 Å². The maximum Gasteiger partial charge on any atom is 0.148 e. The Hall–Kier alpha value is -0.130. The van der Waals surface area contributed by atoms with Gasteiger partial charge in [0.1, 0.15) is 9.84 Å². The average molecular weight is 220 g/mol. The highest BCUT2D eigenvalue weighted by Crippen LogP contribution is 2.18. The number of nitrogens with zero attached hydrogens (tertiary/aromatic N) is 1. The number of piperidine rings is 1. The number of hydrogen-bond acceptors (Lipinski definition) is 4. The zero-order valence-corrected chi connectivity index (χ0v) is 9.81. The fraction of sp³-hybridized carbons (Fsp3) is 1.00. The predicted octanol–water partition coefficient (Wildman–Crippen LogP) is -0.156. The topological polar surface area (TPSA) is 63.4 Å². The van der Waals surface area contributed by atoms with Crippen molar-refractivity contribution in [3.8, 4) is 0 Å². The predicted molar refractivity (Wildman–Crippen MR) is 58.0 cm³/mol. The first-order valence-electron chi connectivity index (χ1n) is 4.97. The smallest absolute Gasteiger partial charge is 0.148 e. The molecule has 2 N–H and O–H groups in total. The molecule has 0 saturated carbocycles. The Balaban J connectivity index is 2.30. The first-order chi connectivity index (χ1) is 6.29. The zero-order chi connectivity index (χ0) is 10.8. The summed E-state index contributed by atoms with van der Waals surface area (Å²) in [7, 11) is -2.83. The Kier molecular flexibility index (Phi) is 3.55. The number of likely N-dealkylation sites (tertiary alicyclic amines) is 1. The highest BCUT2D eigenvalue weighted by atomic mass is 32.2. The van der Waals surface area contributed by atoms with Crippen LogP contribution in [-0.2, 0) is 9.84 Å². The van der Waals surface area contributed by atoms with Crippen molar-refractivity contribution in [2.75, 3.05) is 31.6 Å². The molecule has 14 heavy (non-hydrogen) atoms. The maximum atomic E-state index is 10.9. The third kappa shape index (κ3) is 4.39. The van der Waals surface area contributed by atoms with Crippen molar-refractivity contribution < 1.29 is 8.42 Å². The van der Waals surface area contributed by atoms with E-state index in [4.69, 9.17) is 5.73 Å². The number of sulfone groups is 1. The minimum absolute atomic E-state index is 0.0540. The molecular weight excluding hydrogens is 200 g/mol. The van der Waals surface area contributed by atoms with E-state index in [0.717, 1.165) is 25.9 Å². The number of hydrogen-bond donors (Lipinski definition) is 1. The summed E-state index contributed by atoms with van der Waals surface area (Å²) in [5.41, 5.74) is 5.92. The van der Waals surface area contributed by atoms with Gasteiger partial charge in [-0.05, 0) is 32.9 Å². The molecule has 5 heteroatoms. The second-order valence-electron chi connectivity index (χ2n) is 4.63. The lowest BCUT2D eigenvalue weighted by molar-refractivity contribution is 0.180. The van der Waals surface area contributed by atoms with Gasteiger partial charge in [0.05, 0.1) is 5.75 Å². The summed E-state index contributed by atoms with van der Waals surface area (Å²) < 4.78 is 21.9. The molecule has 1 fully saturated rings. The van der Waals surface area contributed by atoms with Crippen LogP contribution in [0.2, 0.25) is 0 Å². The zero-order valence-electron chi connectivity index (χ0n) is 8.99. The van der Waals surface area contributed by atoms with E-state index >= 15 is 0 Å². The van der Waals surface area contributed by atoms with Crippen LogP contribution in [0.5, 0.6) is 0 Å². The van der Waals surface area contributed by atoms with E-state index < -0.39 is 9.84 Å². The summed E-state index contributed by atoms with van der Waals surface area (Å²) in [5.74, 6) is 0.258. The largest absolute Gasteiger partial charge is 0.325 e. The van der Waals surface area contributed by atoms with Crippen molar-refractivity contribution in [1.29, 1.82) is 0 Å². The van der Waals surface area contributed by atoms with E-state index in [-0.39, 0.29) is 11.3 Å². The monoisotopic (exact) mass is 220 g/mol. The van der Waals surface area contributed by atoms with Crippen LogP contribution in [0.15, 0.2) is 0 Å². The van der Waals surface area contributed by atoms with Crippen LogP contribution in [0.25, 0.3) is 0 Å². The van der Waals surface area contributed by atoms with Gasteiger partial charge in [-0.3, -0.25) is 0 Å². The molecule has 0 radical (unpaired) electrons. The summed E-state index contributed by atoms with van der Waals surface area (Å²) in [6.07, 6.45) is 3.19. The van der Waals surface area contributed by atoms with Crippen LogP contribution in [0.4, 0.5) is 0 Å². The minimum atomic E-state index is -2.83. The molecular formula is C9H20N2O2S. The Morgan fingerprint density at radius 1 is 1.36 bits per heavy atom. The van der Waals surface area contributed by atoms with Crippen molar-refractivity contribution in [1.82, 2.24) is 4.90 Å². The normalized spacial score (nSPS) is 23.6. The first kappa shape index (κ1) is 11.9. The van der Waals surface area contributed by atoms with Gasteiger partial charge in [0.2, 0.25) is 0 Å². The van der Waals surface area contributed by atoms with Crippen LogP contribution >= 0.6 is 0 Å².